The van der Waals surface area contributed by atoms with Crippen LogP contribution in [0.5, 0.6) is 0 Å². The van der Waals surface area contributed by atoms with Crippen LogP contribution in [0.1, 0.15) is 40.0 Å². The molecule has 0 bridgehead atoms. The lowest BCUT2D eigenvalue weighted by atomic mass is 9.80. The van der Waals surface area contributed by atoms with Crippen LogP contribution in [0.4, 0.5) is 0 Å². The van der Waals surface area contributed by atoms with E-state index in [0.717, 1.165) is 32.4 Å². The van der Waals surface area contributed by atoms with Crippen LogP contribution in [0.3, 0.4) is 0 Å². The first-order valence-corrected chi connectivity index (χ1v) is 6.24. The quantitative estimate of drug-likeness (QED) is 0.742. The summed E-state index contributed by atoms with van der Waals surface area (Å²) in [7, 11) is 0. The van der Waals surface area contributed by atoms with Crippen LogP contribution in [0, 0.1) is 5.41 Å². The molecule has 0 aliphatic carbocycles. The molecule has 16 heavy (non-hydrogen) atoms. The fourth-order valence-corrected chi connectivity index (χ4v) is 2.22. The summed E-state index contributed by atoms with van der Waals surface area (Å²) in [6.07, 6.45) is 4.81. The molecule has 0 aromatic carbocycles. The van der Waals surface area contributed by atoms with Crippen molar-refractivity contribution in [2.45, 2.75) is 40.0 Å². The van der Waals surface area contributed by atoms with Crippen LogP contribution in [-0.2, 0) is 4.79 Å². The predicted molar refractivity (Wildman–Crippen MR) is 67.0 cm³/mol. The normalized spacial score (nSPS) is 17.2. The summed E-state index contributed by atoms with van der Waals surface area (Å²) in [5.74, 6) is 0.240. The maximum Gasteiger partial charge on any atom is 0.230 e. The molecule has 0 saturated heterocycles. The maximum atomic E-state index is 12.4. The van der Waals surface area contributed by atoms with Gasteiger partial charge in [-0.25, -0.2) is 0 Å². The van der Waals surface area contributed by atoms with Crippen molar-refractivity contribution in [3.8, 4) is 0 Å². The summed E-state index contributed by atoms with van der Waals surface area (Å²) in [5.41, 5.74) is 6.85. The van der Waals surface area contributed by atoms with Gasteiger partial charge >= 0.3 is 0 Å². The van der Waals surface area contributed by atoms with E-state index in [-0.39, 0.29) is 11.3 Å². The van der Waals surface area contributed by atoms with Crippen molar-refractivity contribution in [1.29, 1.82) is 0 Å². The Morgan fingerprint density at radius 3 is 2.50 bits per heavy atom. The second kappa shape index (κ2) is 5.48. The van der Waals surface area contributed by atoms with E-state index in [1.165, 1.54) is 5.57 Å². The molecule has 1 amide bonds. The molecule has 1 aliphatic rings. The molecular weight excluding hydrogens is 200 g/mol. The molecule has 1 rings (SSSR count). The van der Waals surface area contributed by atoms with Gasteiger partial charge in [-0.1, -0.05) is 25.5 Å². The number of rotatable bonds is 4. The Balaban J connectivity index is 2.76. The molecule has 1 heterocycles. The fourth-order valence-electron chi connectivity index (χ4n) is 2.22. The summed E-state index contributed by atoms with van der Waals surface area (Å²) in [6.45, 7) is 8.30. The topological polar surface area (TPSA) is 46.3 Å². The Kier molecular flexibility index (Phi) is 4.54. The minimum Gasteiger partial charge on any atom is -0.338 e. The van der Waals surface area contributed by atoms with Crippen LogP contribution >= 0.6 is 0 Å². The van der Waals surface area contributed by atoms with Gasteiger partial charge in [0.1, 0.15) is 0 Å². The van der Waals surface area contributed by atoms with E-state index in [4.69, 9.17) is 5.73 Å². The van der Waals surface area contributed by atoms with E-state index < -0.39 is 0 Å². The molecule has 0 aromatic heterocycles. The molecule has 0 fully saturated rings. The van der Waals surface area contributed by atoms with Gasteiger partial charge in [0, 0.05) is 19.6 Å². The first kappa shape index (κ1) is 13.2. The molecule has 1 aliphatic heterocycles. The number of carbonyl (C=O) groups is 1. The smallest absolute Gasteiger partial charge is 0.230 e. The van der Waals surface area contributed by atoms with Gasteiger partial charge in [-0.05, 0) is 26.2 Å². The summed E-state index contributed by atoms with van der Waals surface area (Å²) in [6, 6.07) is 0. The van der Waals surface area contributed by atoms with Crippen molar-refractivity contribution < 1.29 is 4.79 Å². The molecule has 92 valence electrons. The van der Waals surface area contributed by atoms with Gasteiger partial charge in [0.05, 0.1) is 5.41 Å². The van der Waals surface area contributed by atoms with Gasteiger partial charge in [0.15, 0.2) is 0 Å². The first-order valence-electron chi connectivity index (χ1n) is 6.24. The number of nitrogens with zero attached hydrogens (tertiary/aromatic N) is 1. The zero-order valence-corrected chi connectivity index (χ0v) is 10.8. The van der Waals surface area contributed by atoms with Gasteiger partial charge in [0.25, 0.3) is 0 Å². The Morgan fingerprint density at radius 1 is 1.50 bits per heavy atom. The third kappa shape index (κ3) is 2.46. The predicted octanol–water partition coefficient (Wildman–Crippen LogP) is 1.93. The molecule has 0 radical (unpaired) electrons. The van der Waals surface area contributed by atoms with Gasteiger partial charge in [-0.15, -0.1) is 0 Å². The number of hydrogen-bond acceptors (Lipinski definition) is 2. The third-order valence-electron chi connectivity index (χ3n) is 3.92. The van der Waals surface area contributed by atoms with Crippen LogP contribution in [-0.4, -0.2) is 30.4 Å². The van der Waals surface area contributed by atoms with Gasteiger partial charge < -0.3 is 10.6 Å². The highest BCUT2D eigenvalue weighted by molar-refractivity contribution is 5.83. The van der Waals surface area contributed by atoms with Crippen molar-refractivity contribution >= 4 is 5.91 Å². The van der Waals surface area contributed by atoms with E-state index in [9.17, 15) is 4.79 Å². The number of amides is 1. The molecule has 0 atom stereocenters. The maximum absolute atomic E-state index is 12.4. The van der Waals surface area contributed by atoms with Crippen LogP contribution in [0.15, 0.2) is 11.6 Å². The molecule has 0 saturated carbocycles. The second-order valence-electron chi connectivity index (χ2n) is 4.74. The fraction of sp³-hybridized carbons (Fsp3) is 0.769. The van der Waals surface area contributed by atoms with Crippen molar-refractivity contribution in [1.82, 2.24) is 4.90 Å². The first-order chi connectivity index (χ1) is 7.59. The standard InChI is InChI=1S/C13H24N2O/c1-4-13(5-2,10-14)12(16)15-8-6-11(3)7-9-15/h6H,4-5,7-10,14H2,1-3H3. The Bertz CT molecular complexity index is 271. The summed E-state index contributed by atoms with van der Waals surface area (Å²) in [4.78, 5) is 14.4. The summed E-state index contributed by atoms with van der Waals surface area (Å²) >= 11 is 0. The minimum absolute atomic E-state index is 0.240. The van der Waals surface area contributed by atoms with E-state index in [0.29, 0.717) is 6.54 Å². The number of hydrogen-bond donors (Lipinski definition) is 1. The lowest BCUT2D eigenvalue weighted by molar-refractivity contribution is -0.141. The largest absolute Gasteiger partial charge is 0.338 e. The van der Waals surface area contributed by atoms with E-state index >= 15 is 0 Å². The molecule has 3 nitrogen and oxygen atoms in total. The third-order valence-corrected chi connectivity index (χ3v) is 3.92. The highest BCUT2D eigenvalue weighted by atomic mass is 16.2. The monoisotopic (exact) mass is 224 g/mol. The highest BCUT2D eigenvalue weighted by Crippen LogP contribution is 2.28. The number of nitrogens with two attached hydrogens (primary N) is 1. The molecule has 3 heteroatoms. The van der Waals surface area contributed by atoms with E-state index in [1.54, 1.807) is 0 Å². The lowest BCUT2D eigenvalue weighted by Gasteiger charge is -2.36. The highest BCUT2D eigenvalue weighted by Gasteiger charge is 2.36. The van der Waals surface area contributed by atoms with Crippen molar-refractivity contribution in [2.24, 2.45) is 11.1 Å². The Hall–Kier alpha value is -0.830. The summed E-state index contributed by atoms with van der Waals surface area (Å²) in [5, 5.41) is 0. The molecular formula is C13H24N2O. The van der Waals surface area contributed by atoms with Gasteiger partial charge in [-0.2, -0.15) is 0 Å². The minimum atomic E-state index is -0.334. The lowest BCUT2D eigenvalue weighted by Crippen LogP contribution is -2.48. The number of carbonyl (C=O) groups excluding carboxylic acids is 1. The second-order valence-corrected chi connectivity index (χ2v) is 4.74. The van der Waals surface area contributed by atoms with Gasteiger partial charge in [-0.3, -0.25) is 4.79 Å². The zero-order chi connectivity index (χ0) is 12.2. The van der Waals surface area contributed by atoms with Crippen LogP contribution in [0.2, 0.25) is 0 Å². The van der Waals surface area contributed by atoms with Gasteiger partial charge in [0.2, 0.25) is 5.91 Å². The zero-order valence-electron chi connectivity index (χ0n) is 10.8. The van der Waals surface area contributed by atoms with E-state index in [1.807, 2.05) is 4.90 Å². The van der Waals surface area contributed by atoms with Crippen molar-refractivity contribution in [2.75, 3.05) is 19.6 Å². The van der Waals surface area contributed by atoms with E-state index in [2.05, 4.69) is 26.8 Å². The molecule has 0 unspecified atom stereocenters. The van der Waals surface area contributed by atoms with Crippen molar-refractivity contribution in [3.05, 3.63) is 11.6 Å². The molecule has 0 aromatic rings. The molecule has 0 spiro atoms. The van der Waals surface area contributed by atoms with Crippen LogP contribution in [0.25, 0.3) is 0 Å². The molecule has 2 N–H and O–H groups in total. The SMILES string of the molecule is CCC(CC)(CN)C(=O)N1CC=C(C)CC1. The average molecular weight is 224 g/mol. The summed E-state index contributed by atoms with van der Waals surface area (Å²) < 4.78 is 0. The Labute approximate surface area is 98.7 Å². The van der Waals surface area contributed by atoms with Crippen molar-refractivity contribution in [3.63, 3.8) is 0 Å². The average Bonchev–Trinajstić information content (AvgIpc) is 2.33. The Morgan fingerprint density at radius 2 is 2.12 bits per heavy atom. The van der Waals surface area contributed by atoms with Crippen LogP contribution < -0.4 is 5.73 Å².